The molecule has 4 rings (SSSR count). The molecule has 1 aliphatic heterocycles. The minimum absolute atomic E-state index is 0.144. The monoisotopic (exact) mass is 352 g/mol. The number of piperazine rings is 1. The highest BCUT2D eigenvalue weighted by molar-refractivity contribution is 5.55. The number of rotatable bonds is 5. The van der Waals surface area contributed by atoms with Gasteiger partial charge in [-0.15, -0.1) is 0 Å². The summed E-state index contributed by atoms with van der Waals surface area (Å²) in [7, 11) is 2.09. The van der Waals surface area contributed by atoms with E-state index in [0.29, 0.717) is 5.89 Å². The first-order chi connectivity index (χ1) is 12.8. The van der Waals surface area contributed by atoms with Crippen LogP contribution in [-0.2, 0) is 13.0 Å². The first-order valence-corrected chi connectivity index (χ1v) is 9.09. The van der Waals surface area contributed by atoms with Crippen LogP contribution in [0.4, 0.5) is 0 Å². The van der Waals surface area contributed by atoms with Crippen molar-refractivity contribution < 1.29 is 4.52 Å². The van der Waals surface area contributed by atoms with Gasteiger partial charge in [0.1, 0.15) is 0 Å². The van der Waals surface area contributed by atoms with E-state index in [2.05, 4.69) is 51.6 Å². The van der Waals surface area contributed by atoms with Crippen molar-refractivity contribution >= 4 is 0 Å². The number of nitrogens with one attached hydrogen (secondary N) is 1. The Labute approximate surface area is 153 Å². The molecule has 3 aromatic rings. The zero-order chi connectivity index (χ0) is 17.9. The fourth-order valence-electron chi connectivity index (χ4n) is 3.43. The molecule has 1 atom stereocenters. The largest absolute Gasteiger partial charge is 0.334 e. The lowest BCUT2D eigenvalue weighted by atomic mass is 10.1. The summed E-state index contributed by atoms with van der Waals surface area (Å²) in [6, 6.07) is 10.5. The molecule has 0 bridgehead atoms. The summed E-state index contributed by atoms with van der Waals surface area (Å²) in [6.45, 7) is 5.66. The lowest BCUT2D eigenvalue weighted by Gasteiger charge is -2.30. The molecular weight excluding hydrogens is 328 g/mol. The highest BCUT2D eigenvalue weighted by Crippen LogP contribution is 2.26. The van der Waals surface area contributed by atoms with Crippen molar-refractivity contribution in [3.05, 3.63) is 53.6 Å². The lowest BCUT2D eigenvalue weighted by Crippen LogP contribution is -2.44. The Hall–Kier alpha value is -2.51. The van der Waals surface area contributed by atoms with E-state index in [1.807, 2.05) is 29.1 Å². The van der Waals surface area contributed by atoms with E-state index < -0.39 is 0 Å². The molecule has 0 amide bonds. The third kappa shape index (κ3) is 3.27. The van der Waals surface area contributed by atoms with E-state index in [1.54, 1.807) is 0 Å². The lowest BCUT2D eigenvalue weighted by molar-refractivity contribution is 0.190. The van der Waals surface area contributed by atoms with Gasteiger partial charge in [0.25, 0.3) is 5.89 Å². The van der Waals surface area contributed by atoms with E-state index in [-0.39, 0.29) is 6.04 Å². The third-order valence-electron chi connectivity index (χ3n) is 4.94. The molecular formula is C19H24N6O. The molecule has 7 heteroatoms. The van der Waals surface area contributed by atoms with Crippen molar-refractivity contribution in [3.63, 3.8) is 0 Å². The maximum absolute atomic E-state index is 5.59. The van der Waals surface area contributed by atoms with Gasteiger partial charge in [-0.3, -0.25) is 9.58 Å². The van der Waals surface area contributed by atoms with Gasteiger partial charge in [0.2, 0.25) is 0 Å². The molecule has 1 aromatic carbocycles. The maximum Gasteiger partial charge on any atom is 0.261 e. The van der Waals surface area contributed by atoms with Gasteiger partial charge in [0.05, 0.1) is 30.0 Å². The summed E-state index contributed by atoms with van der Waals surface area (Å²) in [4.78, 5) is 6.93. The third-order valence-corrected chi connectivity index (χ3v) is 4.94. The van der Waals surface area contributed by atoms with Crippen LogP contribution in [0.3, 0.4) is 0 Å². The van der Waals surface area contributed by atoms with Gasteiger partial charge in [-0.25, -0.2) is 0 Å². The SMILES string of the molecule is CCc1c(-c2nc(C3CNCCN3C)no2)cnn1Cc1ccccc1. The van der Waals surface area contributed by atoms with Crippen molar-refractivity contribution in [2.45, 2.75) is 25.9 Å². The predicted molar refractivity (Wildman–Crippen MR) is 98.7 cm³/mol. The van der Waals surface area contributed by atoms with Crippen molar-refractivity contribution in [1.29, 1.82) is 0 Å². The molecule has 1 aliphatic rings. The molecule has 26 heavy (non-hydrogen) atoms. The van der Waals surface area contributed by atoms with Crippen LogP contribution in [-0.4, -0.2) is 51.5 Å². The van der Waals surface area contributed by atoms with Crippen LogP contribution in [0, 0.1) is 0 Å². The van der Waals surface area contributed by atoms with Crippen LogP contribution >= 0.6 is 0 Å². The molecule has 1 saturated heterocycles. The van der Waals surface area contributed by atoms with Crippen molar-refractivity contribution in [1.82, 2.24) is 30.1 Å². The molecule has 136 valence electrons. The van der Waals surface area contributed by atoms with Crippen LogP contribution in [0.2, 0.25) is 0 Å². The van der Waals surface area contributed by atoms with Gasteiger partial charge < -0.3 is 9.84 Å². The fraction of sp³-hybridized carbons (Fsp3) is 0.421. The molecule has 3 heterocycles. The number of likely N-dealkylation sites (N-methyl/N-ethyl adjacent to an activating group) is 1. The normalized spacial score (nSPS) is 18.3. The van der Waals surface area contributed by atoms with Gasteiger partial charge in [-0.2, -0.15) is 10.1 Å². The Balaban J connectivity index is 1.60. The van der Waals surface area contributed by atoms with Crippen LogP contribution in [0.1, 0.15) is 30.0 Å². The molecule has 1 fully saturated rings. The van der Waals surface area contributed by atoms with Gasteiger partial charge in [-0.05, 0) is 19.0 Å². The Bertz CT molecular complexity index is 856. The Morgan fingerprint density at radius 3 is 2.88 bits per heavy atom. The van der Waals surface area contributed by atoms with E-state index in [0.717, 1.165) is 49.7 Å². The molecule has 0 aliphatic carbocycles. The molecule has 7 nitrogen and oxygen atoms in total. The summed E-state index contributed by atoms with van der Waals surface area (Å²) < 4.78 is 7.61. The van der Waals surface area contributed by atoms with Crippen molar-refractivity contribution in [2.75, 3.05) is 26.7 Å². The summed E-state index contributed by atoms with van der Waals surface area (Å²) >= 11 is 0. The number of hydrogen-bond acceptors (Lipinski definition) is 6. The topological polar surface area (TPSA) is 72.0 Å². The second kappa shape index (κ2) is 7.39. The Morgan fingerprint density at radius 1 is 1.27 bits per heavy atom. The number of nitrogens with zero attached hydrogens (tertiary/aromatic N) is 5. The summed E-state index contributed by atoms with van der Waals surface area (Å²) in [5.41, 5.74) is 3.26. The van der Waals surface area contributed by atoms with Crippen molar-refractivity contribution in [3.8, 4) is 11.5 Å². The average molecular weight is 352 g/mol. The van der Waals surface area contributed by atoms with E-state index >= 15 is 0 Å². The number of hydrogen-bond donors (Lipinski definition) is 1. The van der Waals surface area contributed by atoms with Gasteiger partial charge in [-0.1, -0.05) is 42.4 Å². The van der Waals surface area contributed by atoms with E-state index in [9.17, 15) is 0 Å². The van der Waals surface area contributed by atoms with Gasteiger partial charge >= 0.3 is 0 Å². The zero-order valence-corrected chi connectivity index (χ0v) is 15.2. The fourth-order valence-corrected chi connectivity index (χ4v) is 3.43. The quantitative estimate of drug-likeness (QED) is 0.758. The predicted octanol–water partition coefficient (Wildman–Crippen LogP) is 2.12. The second-order valence-electron chi connectivity index (χ2n) is 6.66. The standard InChI is InChI=1S/C19H24N6O/c1-3-16-15(11-21-25(16)13-14-7-5-4-6-8-14)19-22-18(23-26-19)17-12-20-9-10-24(17)2/h4-8,11,17,20H,3,9-10,12-13H2,1-2H3. The molecule has 2 aromatic heterocycles. The number of benzene rings is 1. The van der Waals surface area contributed by atoms with Crippen LogP contribution < -0.4 is 5.32 Å². The maximum atomic E-state index is 5.59. The van der Waals surface area contributed by atoms with Crippen molar-refractivity contribution in [2.24, 2.45) is 0 Å². The highest BCUT2D eigenvalue weighted by atomic mass is 16.5. The average Bonchev–Trinajstić information content (AvgIpc) is 3.29. The zero-order valence-electron chi connectivity index (χ0n) is 15.2. The molecule has 1 N–H and O–H groups in total. The Kier molecular flexibility index (Phi) is 4.81. The highest BCUT2D eigenvalue weighted by Gasteiger charge is 2.26. The van der Waals surface area contributed by atoms with Crippen LogP contribution in [0.5, 0.6) is 0 Å². The first kappa shape index (κ1) is 16.9. The van der Waals surface area contributed by atoms with Crippen LogP contribution in [0.15, 0.2) is 41.1 Å². The molecule has 1 unspecified atom stereocenters. The molecule has 0 radical (unpaired) electrons. The summed E-state index contributed by atoms with van der Waals surface area (Å²) in [5, 5.41) is 12.2. The molecule has 0 spiro atoms. The summed E-state index contributed by atoms with van der Waals surface area (Å²) in [5.74, 6) is 1.28. The van der Waals surface area contributed by atoms with Gasteiger partial charge in [0, 0.05) is 19.6 Å². The van der Waals surface area contributed by atoms with Crippen LogP contribution in [0.25, 0.3) is 11.5 Å². The second-order valence-corrected chi connectivity index (χ2v) is 6.66. The van der Waals surface area contributed by atoms with E-state index in [4.69, 9.17) is 4.52 Å². The smallest absolute Gasteiger partial charge is 0.261 e. The minimum atomic E-state index is 0.144. The number of aromatic nitrogens is 4. The van der Waals surface area contributed by atoms with Gasteiger partial charge in [0.15, 0.2) is 5.82 Å². The summed E-state index contributed by atoms with van der Waals surface area (Å²) in [6.07, 6.45) is 2.69. The Morgan fingerprint density at radius 2 is 2.12 bits per heavy atom. The first-order valence-electron chi connectivity index (χ1n) is 9.09. The minimum Gasteiger partial charge on any atom is -0.334 e. The van der Waals surface area contributed by atoms with E-state index in [1.165, 1.54) is 5.56 Å². The molecule has 0 saturated carbocycles.